The summed E-state index contributed by atoms with van der Waals surface area (Å²) < 4.78 is 31.6. The standard InChI is InChI=1S/C20H34N2O3S/c1-16-14-18(25-15-17-8-9-17)10-11-19(16)21-12-6-5-7-13-22-26(23,24)20(2,3)4/h10-11,14,17,21-22H,5-9,12-13,15H2,1-4H3. The highest BCUT2D eigenvalue weighted by Crippen LogP contribution is 2.30. The number of hydrogen-bond donors (Lipinski definition) is 2. The molecular formula is C20H34N2O3S. The monoisotopic (exact) mass is 382 g/mol. The van der Waals surface area contributed by atoms with E-state index in [-0.39, 0.29) is 0 Å². The number of rotatable bonds is 11. The second-order valence-corrected chi connectivity index (χ2v) is 10.7. The molecule has 1 fully saturated rings. The number of hydrogen-bond acceptors (Lipinski definition) is 4. The van der Waals surface area contributed by atoms with E-state index in [1.165, 1.54) is 18.4 Å². The number of nitrogens with one attached hydrogen (secondary N) is 2. The van der Waals surface area contributed by atoms with Gasteiger partial charge in [-0.15, -0.1) is 0 Å². The first-order valence-corrected chi connectivity index (χ1v) is 11.1. The summed E-state index contributed by atoms with van der Waals surface area (Å²) in [7, 11) is -3.23. The number of aryl methyl sites for hydroxylation is 1. The minimum atomic E-state index is -3.23. The van der Waals surface area contributed by atoms with Crippen molar-refractivity contribution in [2.75, 3.05) is 25.0 Å². The normalized spacial score (nSPS) is 15.1. The van der Waals surface area contributed by atoms with E-state index in [2.05, 4.69) is 29.1 Å². The lowest BCUT2D eigenvalue weighted by molar-refractivity contribution is 0.299. The summed E-state index contributed by atoms with van der Waals surface area (Å²) >= 11 is 0. The molecule has 1 aromatic rings. The molecule has 2 rings (SSSR count). The zero-order valence-corrected chi connectivity index (χ0v) is 17.4. The molecule has 26 heavy (non-hydrogen) atoms. The van der Waals surface area contributed by atoms with Gasteiger partial charge in [-0.05, 0) is 83.1 Å². The van der Waals surface area contributed by atoms with E-state index in [0.717, 1.165) is 49.8 Å². The number of anilines is 1. The molecule has 1 saturated carbocycles. The van der Waals surface area contributed by atoms with Crippen molar-refractivity contribution in [2.45, 2.75) is 64.5 Å². The van der Waals surface area contributed by atoms with Crippen LogP contribution in [0.4, 0.5) is 5.69 Å². The highest BCUT2D eigenvalue weighted by atomic mass is 32.2. The lowest BCUT2D eigenvalue weighted by Crippen LogP contribution is -2.39. The summed E-state index contributed by atoms with van der Waals surface area (Å²) in [5.41, 5.74) is 2.33. The molecule has 1 aliphatic carbocycles. The van der Waals surface area contributed by atoms with Crippen LogP contribution in [0.5, 0.6) is 5.75 Å². The van der Waals surface area contributed by atoms with Gasteiger partial charge in [-0.25, -0.2) is 13.1 Å². The molecule has 0 unspecified atom stereocenters. The van der Waals surface area contributed by atoms with Crippen LogP contribution in [-0.2, 0) is 10.0 Å². The molecule has 0 bridgehead atoms. The van der Waals surface area contributed by atoms with Gasteiger partial charge in [0, 0.05) is 18.8 Å². The molecule has 1 aromatic carbocycles. The minimum absolute atomic E-state index is 0.506. The Morgan fingerprint density at radius 2 is 1.81 bits per heavy atom. The van der Waals surface area contributed by atoms with Crippen molar-refractivity contribution in [1.29, 1.82) is 0 Å². The summed E-state index contributed by atoms with van der Waals surface area (Å²) in [5, 5.41) is 3.45. The molecule has 0 radical (unpaired) electrons. The lowest BCUT2D eigenvalue weighted by Gasteiger charge is -2.19. The summed E-state index contributed by atoms with van der Waals surface area (Å²) in [6, 6.07) is 6.19. The maximum absolute atomic E-state index is 11.9. The maximum atomic E-state index is 11.9. The summed E-state index contributed by atoms with van der Waals surface area (Å²) in [6.45, 7) is 9.46. The molecule has 1 aliphatic rings. The predicted molar refractivity (Wildman–Crippen MR) is 108 cm³/mol. The van der Waals surface area contributed by atoms with Gasteiger partial charge in [0.05, 0.1) is 11.4 Å². The fourth-order valence-electron chi connectivity index (χ4n) is 2.50. The van der Waals surface area contributed by atoms with E-state index in [1.54, 1.807) is 20.8 Å². The van der Waals surface area contributed by atoms with Crippen LogP contribution in [0.3, 0.4) is 0 Å². The predicted octanol–water partition coefficient (Wildman–Crippen LogP) is 4.08. The lowest BCUT2D eigenvalue weighted by atomic mass is 10.1. The minimum Gasteiger partial charge on any atom is -0.493 e. The third-order valence-corrected chi connectivity index (χ3v) is 6.84. The van der Waals surface area contributed by atoms with Crippen LogP contribution in [0.2, 0.25) is 0 Å². The Kier molecular flexibility index (Phi) is 7.35. The van der Waals surface area contributed by atoms with Crippen LogP contribution in [0.15, 0.2) is 18.2 Å². The van der Waals surface area contributed by atoms with Gasteiger partial charge in [0.25, 0.3) is 0 Å². The van der Waals surface area contributed by atoms with Crippen LogP contribution in [0.1, 0.15) is 58.4 Å². The fourth-order valence-corrected chi connectivity index (χ4v) is 3.34. The SMILES string of the molecule is Cc1cc(OCC2CC2)ccc1NCCCCCNS(=O)(=O)C(C)(C)C. The van der Waals surface area contributed by atoms with Crippen LogP contribution in [0, 0.1) is 12.8 Å². The molecule has 2 N–H and O–H groups in total. The number of sulfonamides is 1. The Morgan fingerprint density at radius 3 is 2.42 bits per heavy atom. The summed E-state index contributed by atoms with van der Waals surface area (Å²) in [5.74, 6) is 1.71. The summed E-state index contributed by atoms with van der Waals surface area (Å²) in [6.07, 6.45) is 5.45. The molecule has 5 nitrogen and oxygen atoms in total. The van der Waals surface area contributed by atoms with Gasteiger partial charge in [-0.3, -0.25) is 0 Å². The van der Waals surface area contributed by atoms with Crippen LogP contribution in [0.25, 0.3) is 0 Å². The van der Waals surface area contributed by atoms with E-state index in [1.807, 2.05) is 6.07 Å². The van der Waals surface area contributed by atoms with Crippen molar-refractivity contribution in [3.63, 3.8) is 0 Å². The second kappa shape index (κ2) is 9.09. The average molecular weight is 383 g/mol. The molecule has 0 heterocycles. The molecule has 6 heteroatoms. The van der Waals surface area contributed by atoms with Crippen molar-refractivity contribution >= 4 is 15.7 Å². The van der Waals surface area contributed by atoms with E-state index >= 15 is 0 Å². The Bertz CT molecular complexity index is 677. The van der Waals surface area contributed by atoms with Crippen molar-refractivity contribution in [3.8, 4) is 5.75 Å². The Labute approximate surface area is 159 Å². The zero-order valence-electron chi connectivity index (χ0n) is 16.6. The molecule has 0 aromatic heterocycles. The molecule has 0 aliphatic heterocycles. The third-order valence-electron chi connectivity index (χ3n) is 4.65. The first kappa shape index (κ1) is 21.0. The first-order chi connectivity index (χ1) is 12.2. The average Bonchev–Trinajstić information content (AvgIpc) is 3.36. The Morgan fingerprint density at radius 1 is 1.12 bits per heavy atom. The van der Waals surface area contributed by atoms with Crippen LogP contribution >= 0.6 is 0 Å². The molecule has 0 saturated heterocycles. The van der Waals surface area contributed by atoms with E-state index in [9.17, 15) is 8.42 Å². The topological polar surface area (TPSA) is 67.4 Å². The smallest absolute Gasteiger partial charge is 0.216 e. The van der Waals surface area contributed by atoms with Gasteiger partial charge in [-0.1, -0.05) is 6.42 Å². The fraction of sp³-hybridized carbons (Fsp3) is 0.700. The Hall–Kier alpha value is -1.27. The first-order valence-electron chi connectivity index (χ1n) is 9.65. The third kappa shape index (κ3) is 6.80. The van der Waals surface area contributed by atoms with Crippen molar-refractivity contribution in [3.05, 3.63) is 23.8 Å². The number of unbranched alkanes of at least 4 members (excludes halogenated alkanes) is 2. The molecule has 0 amide bonds. The van der Waals surface area contributed by atoms with Gasteiger partial charge < -0.3 is 10.1 Å². The highest BCUT2D eigenvalue weighted by molar-refractivity contribution is 7.90. The quantitative estimate of drug-likeness (QED) is 0.566. The summed E-state index contributed by atoms with van der Waals surface area (Å²) in [4.78, 5) is 0. The molecule has 148 valence electrons. The van der Waals surface area contributed by atoms with Crippen molar-refractivity contribution in [1.82, 2.24) is 4.72 Å². The van der Waals surface area contributed by atoms with Crippen molar-refractivity contribution < 1.29 is 13.2 Å². The van der Waals surface area contributed by atoms with E-state index < -0.39 is 14.8 Å². The van der Waals surface area contributed by atoms with E-state index in [0.29, 0.717) is 6.54 Å². The molecule has 0 spiro atoms. The molecule has 0 atom stereocenters. The van der Waals surface area contributed by atoms with E-state index in [4.69, 9.17) is 4.74 Å². The van der Waals surface area contributed by atoms with Gasteiger partial charge in [0.2, 0.25) is 10.0 Å². The molecular weight excluding hydrogens is 348 g/mol. The van der Waals surface area contributed by atoms with Crippen LogP contribution in [-0.4, -0.2) is 32.9 Å². The van der Waals surface area contributed by atoms with Crippen LogP contribution < -0.4 is 14.8 Å². The zero-order chi connectivity index (χ0) is 19.2. The van der Waals surface area contributed by atoms with Crippen molar-refractivity contribution in [2.24, 2.45) is 5.92 Å². The van der Waals surface area contributed by atoms with Gasteiger partial charge in [-0.2, -0.15) is 0 Å². The maximum Gasteiger partial charge on any atom is 0.216 e. The van der Waals surface area contributed by atoms with Gasteiger partial charge in [0.15, 0.2) is 0 Å². The number of benzene rings is 1. The second-order valence-electron chi connectivity index (χ2n) is 8.23. The van der Waals surface area contributed by atoms with Gasteiger partial charge >= 0.3 is 0 Å². The van der Waals surface area contributed by atoms with Gasteiger partial charge in [0.1, 0.15) is 5.75 Å². The Balaban J connectivity index is 1.60. The largest absolute Gasteiger partial charge is 0.493 e. The number of ether oxygens (including phenoxy) is 1. The highest BCUT2D eigenvalue weighted by Gasteiger charge is 2.27.